The molecule has 0 aliphatic heterocycles. The van der Waals surface area contributed by atoms with E-state index >= 15 is 0 Å². The maximum absolute atomic E-state index is 13.2. The number of anilines is 2. The van der Waals surface area contributed by atoms with Crippen LogP contribution in [0.25, 0.3) is 0 Å². The van der Waals surface area contributed by atoms with Gasteiger partial charge in [-0.25, -0.2) is 4.39 Å². The van der Waals surface area contributed by atoms with Gasteiger partial charge in [-0.2, -0.15) is 0 Å². The van der Waals surface area contributed by atoms with Gasteiger partial charge in [0, 0.05) is 11.9 Å². The van der Waals surface area contributed by atoms with Crippen molar-refractivity contribution in [3.8, 4) is 0 Å². The van der Waals surface area contributed by atoms with Crippen molar-refractivity contribution in [1.29, 1.82) is 0 Å². The van der Waals surface area contributed by atoms with Crippen molar-refractivity contribution in [2.24, 2.45) is 5.84 Å². The highest BCUT2D eigenvalue weighted by atomic mass is 19.1. The van der Waals surface area contributed by atoms with Crippen LogP contribution in [0.3, 0.4) is 0 Å². The lowest BCUT2D eigenvalue weighted by molar-refractivity contribution is 0.102. The lowest BCUT2D eigenvalue weighted by Crippen LogP contribution is -2.15. The smallest absolute Gasteiger partial charge is 0.274 e. The second-order valence-corrected chi connectivity index (χ2v) is 4.05. The van der Waals surface area contributed by atoms with E-state index in [0.717, 1.165) is 5.56 Å². The van der Waals surface area contributed by atoms with E-state index < -0.39 is 11.7 Å². The van der Waals surface area contributed by atoms with Crippen LogP contribution >= 0.6 is 0 Å². The van der Waals surface area contributed by atoms with Crippen molar-refractivity contribution in [2.45, 2.75) is 6.92 Å². The van der Waals surface area contributed by atoms with Crippen LogP contribution in [0.15, 0.2) is 36.5 Å². The molecule has 1 amide bonds. The lowest BCUT2D eigenvalue weighted by atomic mass is 10.2. The van der Waals surface area contributed by atoms with Crippen LogP contribution in [0.5, 0.6) is 0 Å². The number of nitrogens with two attached hydrogens (primary N) is 1. The SMILES string of the molecule is Cc1cc(F)cc(NC(=O)c2cc(NN)ccn2)c1. The lowest BCUT2D eigenvalue weighted by Gasteiger charge is -2.07. The first-order chi connectivity index (χ1) is 9.08. The third-order valence-corrected chi connectivity index (χ3v) is 2.46. The zero-order chi connectivity index (χ0) is 13.8. The molecule has 5 nitrogen and oxygen atoms in total. The molecule has 98 valence electrons. The quantitative estimate of drug-likeness (QED) is 0.583. The molecule has 1 heterocycles. The van der Waals surface area contributed by atoms with Gasteiger partial charge in [0.1, 0.15) is 11.5 Å². The fourth-order valence-corrected chi connectivity index (χ4v) is 1.65. The van der Waals surface area contributed by atoms with Crippen LogP contribution in [0.1, 0.15) is 16.1 Å². The molecular weight excluding hydrogens is 247 g/mol. The molecule has 2 rings (SSSR count). The molecule has 0 unspecified atom stereocenters. The summed E-state index contributed by atoms with van der Waals surface area (Å²) >= 11 is 0. The Morgan fingerprint density at radius 2 is 2.05 bits per heavy atom. The van der Waals surface area contributed by atoms with Crippen LogP contribution in [-0.2, 0) is 0 Å². The van der Waals surface area contributed by atoms with Crippen molar-refractivity contribution in [3.63, 3.8) is 0 Å². The number of carbonyl (C=O) groups excluding carboxylic acids is 1. The Hall–Kier alpha value is -2.47. The molecule has 0 saturated heterocycles. The minimum Gasteiger partial charge on any atom is -0.324 e. The summed E-state index contributed by atoms with van der Waals surface area (Å²) in [6, 6.07) is 7.43. The van der Waals surface area contributed by atoms with Gasteiger partial charge in [-0.15, -0.1) is 0 Å². The van der Waals surface area contributed by atoms with Crippen LogP contribution in [0.2, 0.25) is 0 Å². The molecule has 0 bridgehead atoms. The van der Waals surface area contributed by atoms with E-state index in [9.17, 15) is 9.18 Å². The van der Waals surface area contributed by atoms with Crippen molar-refractivity contribution >= 4 is 17.3 Å². The zero-order valence-corrected chi connectivity index (χ0v) is 10.3. The molecule has 0 fully saturated rings. The number of nitrogens with one attached hydrogen (secondary N) is 2. The molecule has 19 heavy (non-hydrogen) atoms. The molecule has 2 aromatic rings. The Bertz CT molecular complexity index is 595. The molecule has 0 aliphatic rings. The van der Waals surface area contributed by atoms with Gasteiger partial charge in [-0.1, -0.05) is 0 Å². The first-order valence-electron chi connectivity index (χ1n) is 5.59. The fraction of sp³-hybridized carbons (Fsp3) is 0.0769. The molecule has 0 saturated carbocycles. The van der Waals surface area contributed by atoms with Gasteiger partial charge in [0.15, 0.2) is 0 Å². The molecule has 0 spiro atoms. The van der Waals surface area contributed by atoms with E-state index in [2.05, 4.69) is 15.7 Å². The summed E-state index contributed by atoms with van der Waals surface area (Å²) < 4.78 is 13.2. The van der Waals surface area contributed by atoms with E-state index in [0.29, 0.717) is 11.4 Å². The zero-order valence-electron chi connectivity index (χ0n) is 10.3. The Labute approximate surface area is 109 Å². The standard InChI is InChI=1S/C13H13FN4O/c1-8-4-9(14)6-11(5-8)17-13(19)12-7-10(18-15)2-3-16-12/h2-7H,15H2,1H3,(H,16,18)(H,17,19). The summed E-state index contributed by atoms with van der Waals surface area (Å²) in [6.07, 6.45) is 1.46. The number of nitrogen functional groups attached to an aromatic ring is 1. The largest absolute Gasteiger partial charge is 0.324 e. The Balaban J connectivity index is 2.20. The van der Waals surface area contributed by atoms with E-state index in [1.54, 1.807) is 19.1 Å². The average molecular weight is 260 g/mol. The van der Waals surface area contributed by atoms with Crippen molar-refractivity contribution < 1.29 is 9.18 Å². The third-order valence-electron chi connectivity index (χ3n) is 2.46. The van der Waals surface area contributed by atoms with Crippen LogP contribution in [-0.4, -0.2) is 10.9 Å². The number of nitrogens with zero attached hydrogens (tertiary/aromatic N) is 1. The minimum atomic E-state index is -0.429. The van der Waals surface area contributed by atoms with Gasteiger partial charge in [0.25, 0.3) is 5.91 Å². The number of hydrazine groups is 1. The van der Waals surface area contributed by atoms with Crippen molar-refractivity contribution in [2.75, 3.05) is 10.7 Å². The maximum atomic E-state index is 13.2. The van der Waals surface area contributed by atoms with E-state index in [1.807, 2.05) is 0 Å². The number of aromatic nitrogens is 1. The molecule has 0 aliphatic carbocycles. The summed E-state index contributed by atoms with van der Waals surface area (Å²) in [5.74, 6) is 4.42. The fourth-order valence-electron chi connectivity index (χ4n) is 1.65. The number of benzene rings is 1. The first kappa shape index (κ1) is 13.0. The van der Waals surface area contributed by atoms with Gasteiger partial charge >= 0.3 is 0 Å². The number of hydrogen-bond donors (Lipinski definition) is 3. The Morgan fingerprint density at radius 1 is 1.26 bits per heavy atom. The normalized spacial score (nSPS) is 10.1. The number of hydrogen-bond acceptors (Lipinski definition) is 4. The number of amides is 1. The summed E-state index contributed by atoms with van der Waals surface area (Å²) in [6.45, 7) is 1.75. The molecule has 0 atom stereocenters. The maximum Gasteiger partial charge on any atom is 0.274 e. The highest BCUT2D eigenvalue weighted by molar-refractivity contribution is 6.03. The second kappa shape index (κ2) is 5.45. The van der Waals surface area contributed by atoms with E-state index in [1.165, 1.54) is 24.4 Å². The van der Waals surface area contributed by atoms with E-state index in [-0.39, 0.29) is 5.69 Å². The molecule has 1 aromatic heterocycles. The predicted octanol–water partition coefficient (Wildman–Crippen LogP) is 2.07. The highest BCUT2D eigenvalue weighted by Crippen LogP contribution is 2.15. The summed E-state index contributed by atoms with van der Waals surface area (Å²) in [5.41, 5.74) is 4.29. The number of aryl methyl sites for hydroxylation is 1. The van der Waals surface area contributed by atoms with Gasteiger partial charge in [0.05, 0.1) is 5.69 Å². The molecule has 0 radical (unpaired) electrons. The highest BCUT2D eigenvalue weighted by Gasteiger charge is 2.09. The minimum absolute atomic E-state index is 0.192. The summed E-state index contributed by atoms with van der Waals surface area (Å²) in [7, 11) is 0. The Morgan fingerprint density at radius 3 is 2.74 bits per heavy atom. The number of pyridine rings is 1. The topological polar surface area (TPSA) is 80.0 Å². The molecule has 6 heteroatoms. The molecule has 1 aromatic carbocycles. The third kappa shape index (κ3) is 3.26. The van der Waals surface area contributed by atoms with Crippen LogP contribution in [0.4, 0.5) is 15.8 Å². The van der Waals surface area contributed by atoms with Gasteiger partial charge in [0.2, 0.25) is 0 Å². The summed E-state index contributed by atoms with van der Waals surface area (Å²) in [4.78, 5) is 15.9. The van der Waals surface area contributed by atoms with Gasteiger partial charge < -0.3 is 10.7 Å². The average Bonchev–Trinajstić information content (AvgIpc) is 2.37. The number of halogens is 1. The van der Waals surface area contributed by atoms with Crippen molar-refractivity contribution in [3.05, 3.63) is 53.6 Å². The monoisotopic (exact) mass is 260 g/mol. The summed E-state index contributed by atoms with van der Waals surface area (Å²) in [5, 5.41) is 2.58. The van der Waals surface area contributed by atoms with Crippen molar-refractivity contribution in [1.82, 2.24) is 4.98 Å². The Kier molecular flexibility index (Phi) is 3.72. The first-order valence-corrected chi connectivity index (χ1v) is 5.59. The van der Waals surface area contributed by atoms with Crippen LogP contribution in [0, 0.1) is 12.7 Å². The van der Waals surface area contributed by atoms with Gasteiger partial charge in [-0.3, -0.25) is 15.6 Å². The number of carbonyl (C=O) groups is 1. The molecule has 4 N–H and O–H groups in total. The second-order valence-electron chi connectivity index (χ2n) is 4.05. The van der Waals surface area contributed by atoms with Gasteiger partial charge in [-0.05, 0) is 42.8 Å². The molecular formula is C13H13FN4O. The van der Waals surface area contributed by atoms with E-state index in [4.69, 9.17) is 5.84 Å². The van der Waals surface area contributed by atoms with Crippen LogP contribution < -0.4 is 16.6 Å². The predicted molar refractivity (Wildman–Crippen MR) is 71.1 cm³/mol. The number of rotatable bonds is 3.